The first-order valence-corrected chi connectivity index (χ1v) is 12.0. The van der Waals surface area contributed by atoms with Crippen LogP contribution in [-0.2, 0) is 13.1 Å². The maximum absolute atomic E-state index is 14.2. The van der Waals surface area contributed by atoms with Crippen molar-refractivity contribution in [1.82, 2.24) is 29.8 Å². The summed E-state index contributed by atoms with van der Waals surface area (Å²) in [5, 5.41) is 8.57. The van der Waals surface area contributed by atoms with Crippen LogP contribution in [0.15, 0.2) is 65.4 Å². The van der Waals surface area contributed by atoms with Gasteiger partial charge in [0, 0.05) is 18.2 Å². The Hall–Kier alpha value is -3.98. The molecule has 1 aromatic heterocycles. The number of hydrogen-bond acceptors (Lipinski definition) is 6. The van der Waals surface area contributed by atoms with Crippen LogP contribution in [0, 0.1) is 11.6 Å². The van der Waals surface area contributed by atoms with Crippen LogP contribution < -0.4 is 0 Å². The van der Waals surface area contributed by atoms with Crippen LogP contribution >= 0.6 is 0 Å². The normalized spacial score (nSPS) is 14.5. The number of aromatic nitrogens is 5. The molecule has 6 rings (SSSR count). The molecule has 0 N–H and O–H groups in total. The quantitative estimate of drug-likeness (QED) is 0.320. The smallest absolute Gasteiger partial charge is 0.169 e. The van der Waals surface area contributed by atoms with Crippen molar-refractivity contribution < 1.29 is 13.3 Å². The monoisotopic (exact) mass is 486 g/mol. The van der Waals surface area contributed by atoms with Gasteiger partial charge in [-0.15, -0.1) is 0 Å². The van der Waals surface area contributed by atoms with E-state index in [1.165, 1.54) is 50.0 Å². The van der Waals surface area contributed by atoms with Crippen LogP contribution in [0.2, 0.25) is 0 Å². The second-order valence-electron chi connectivity index (χ2n) is 9.10. The number of halogens is 2. The Balaban J connectivity index is 1.16. The van der Waals surface area contributed by atoms with Crippen molar-refractivity contribution >= 4 is 0 Å². The average Bonchev–Trinajstić information content (AvgIpc) is 3.54. The van der Waals surface area contributed by atoms with Gasteiger partial charge >= 0.3 is 0 Å². The first kappa shape index (κ1) is 22.5. The highest BCUT2D eigenvalue weighted by atomic mass is 19.2. The number of piperidine rings is 1. The minimum atomic E-state index is -0.970. The SMILES string of the molecule is Fc1cccc(-c2nc3cnn(Cc4cc(-c5ccc(CN6CCCCC6)cc5)no4)cc-3n2)c1F. The van der Waals surface area contributed by atoms with Crippen molar-refractivity contribution in [1.29, 1.82) is 0 Å². The van der Waals surface area contributed by atoms with Gasteiger partial charge in [0.15, 0.2) is 23.2 Å². The van der Waals surface area contributed by atoms with E-state index in [0.717, 1.165) is 23.9 Å². The second-order valence-corrected chi connectivity index (χ2v) is 9.10. The predicted molar refractivity (Wildman–Crippen MR) is 130 cm³/mol. The molecule has 0 saturated carbocycles. The van der Waals surface area contributed by atoms with Crippen LogP contribution in [0.25, 0.3) is 34.0 Å². The summed E-state index contributed by atoms with van der Waals surface area (Å²) in [5.41, 5.74) is 4.07. The zero-order chi connectivity index (χ0) is 24.5. The molecule has 0 unspecified atom stereocenters. The zero-order valence-electron chi connectivity index (χ0n) is 19.6. The molecule has 3 aliphatic rings. The molecule has 0 spiro atoms. The lowest BCUT2D eigenvalue weighted by Crippen LogP contribution is -2.28. The number of nitrogens with zero attached hydrogens (tertiary/aromatic N) is 6. The molecule has 7 nitrogen and oxygen atoms in total. The second kappa shape index (κ2) is 9.58. The third-order valence-corrected chi connectivity index (χ3v) is 6.49. The highest BCUT2D eigenvalue weighted by molar-refractivity contribution is 5.65. The van der Waals surface area contributed by atoms with E-state index in [4.69, 9.17) is 4.52 Å². The third-order valence-electron chi connectivity index (χ3n) is 6.49. The fourth-order valence-electron chi connectivity index (χ4n) is 4.58. The number of hydrogen-bond donors (Lipinski definition) is 0. The van der Waals surface area contributed by atoms with E-state index in [1.54, 1.807) is 17.1 Å². The molecule has 36 heavy (non-hydrogen) atoms. The Morgan fingerprint density at radius 3 is 2.50 bits per heavy atom. The summed E-state index contributed by atoms with van der Waals surface area (Å²) in [7, 11) is 0. The molecule has 1 saturated heterocycles. The van der Waals surface area contributed by atoms with Crippen molar-refractivity contribution in [2.75, 3.05) is 13.1 Å². The maximum atomic E-state index is 14.2. The summed E-state index contributed by atoms with van der Waals surface area (Å²) in [6.07, 6.45) is 7.14. The summed E-state index contributed by atoms with van der Waals surface area (Å²) < 4.78 is 34.9. The lowest BCUT2D eigenvalue weighted by molar-refractivity contribution is 0.221. The van der Waals surface area contributed by atoms with E-state index in [9.17, 15) is 8.78 Å². The minimum absolute atomic E-state index is 0.0135. The topological polar surface area (TPSA) is 72.9 Å². The zero-order valence-corrected chi connectivity index (χ0v) is 19.6. The Morgan fingerprint density at radius 1 is 0.861 bits per heavy atom. The van der Waals surface area contributed by atoms with Crippen LogP contribution in [0.3, 0.4) is 0 Å². The van der Waals surface area contributed by atoms with Crippen LogP contribution in [0.1, 0.15) is 30.6 Å². The van der Waals surface area contributed by atoms with E-state index in [-0.39, 0.29) is 11.4 Å². The molecule has 0 atom stereocenters. The first-order chi connectivity index (χ1) is 17.6. The fourth-order valence-corrected chi connectivity index (χ4v) is 4.58. The van der Waals surface area contributed by atoms with Gasteiger partial charge in [-0.25, -0.2) is 18.7 Å². The van der Waals surface area contributed by atoms with Crippen molar-refractivity contribution in [2.24, 2.45) is 0 Å². The highest BCUT2D eigenvalue weighted by Crippen LogP contribution is 2.27. The average molecular weight is 487 g/mol. The van der Waals surface area contributed by atoms with Gasteiger partial charge in [0.05, 0.1) is 18.0 Å². The van der Waals surface area contributed by atoms with Gasteiger partial charge in [-0.3, -0.25) is 9.58 Å². The molecule has 9 heteroatoms. The van der Waals surface area contributed by atoms with Crippen molar-refractivity contribution in [3.8, 4) is 34.0 Å². The standard InChI is InChI=1S/C27H24F2N6O/c28-22-6-4-5-21(26(22)29)27-31-24-14-30-35(17-25(24)32-27)16-20-13-23(33-36-20)19-9-7-18(8-10-19)15-34-11-2-1-3-12-34/h4-10,13-14,17H,1-3,11-12,15-16H2. The van der Waals surface area contributed by atoms with E-state index >= 15 is 0 Å². The van der Waals surface area contributed by atoms with Gasteiger partial charge in [0.1, 0.15) is 23.6 Å². The summed E-state index contributed by atoms with van der Waals surface area (Å²) in [5.74, 6) is -1.16. The number of likely N-dealkylation sites (tertiary alicyclic amines) is 1. The van der Waals surface area contributed by atoms with Crippen molar-refractivity contribution in [3.63, 3.8) is 0 Å². The van der Waals surface area contributed by atoms with E-state index in [2.05, 4.69) is 49.4 Å². The van der Waals surface area contributed by atoms with Gasteiger partial charge in [0.2, 0.25) is 0 Å². The van der Waals surface area contributed by atoms with Gasteiger partial charge in [-0.05, 0) is 43.6 Å². The largest absolute Gasteiger partial charge is 0.359 e. The molecule has 0 radical (unpaired) electrons. The number of benzene rings is 2. The summed E-state index contributed by atoms with van der Waals surface area (Å²) >= 11 is 0. The minimum Gasteiger partial charge on any atom is -0.359 e. The van der Waals surface area contributed by atoms with Gasteiger partial charge < -0.3 is 4.52 Å². The van der Waals surface area contributed by atoms with Crippen LogP contribution in [0.4, 0.5) is 8.78 Å². The van der Waals surface area contributed by atoms with Gasteiger partial charge in [-0.1, -0.05) is 41.9 Å². The van der Waals surface area contributed by atoms with Crippen molar-refractivity contribution in [2.45, 2.75) is 32.4 Å². The molecular formula is C27H24F2N6O. The van der Waals surface area contributed by atoms with E-state index < -0.39 is 11.6 Å². The van der Waals surface area contributed by atoms with Crippen molar-refractivity contribution in [3.05, 3.63) is 83.9 Å². The molecule has 0 amide bonds. The molecule has 0 bridgehead atoms. The Labute approximate surface area is 206 Å². The number of fused-ring (bicyclic) bond motifs is 1. The Bertz CT molecular complexity index is 1460. The molecule has 3 aliphatic heterocycles. The summed E-state index contributed by atoms with van der Waals surface area (Å²) in [6.45, 7) is 3.66. The van der Waals surface area contributed by atoms with E-state index in [0.29, 0.717) is 23.7 Å². The van der Waals surface area contributed by atoms with E-state index in [1.807, 2.05) is 6.07 Å². The molecule has 1 fully saturated rings. The first-order valence-electron chi connectivity index (χ1n) is 12.0. The van der Waals surface area contributed by atoms with Crippen LogP contribution in [0.5, 0.6) is 0 Å². The van der Waals surface area contributed by atoms with Crippen LogP contribution in [-0.4, -0.2) is 42.9 Å². The van der Waals surface area contributed by atoms with Gasteiger partial charge in [0.25, 0.3) is 0 Å². The highest BCUT2D eigenvalue weighted by Gasteiger charge is 2.18. The lowest BCUT2D eigenvalue weighted by atomic mass is 10.1. The molecule has 3 aromatic rings. The third kappa shape index (κ3) is 4.61. The Morgan fingerprint density at radius 2 is 1.67 bits per heavy atom. The molecule has 4 heterocycles. The summed E-state index contributed by atoms with van der Waals surface area (Å²) in [4.78, 5) is 11.2. The molecule has 182 valence electrons. The van der Waals surface area contributed by atoms with Gasteiger partial charge in [-0.2, -0.15) is 5.10 Å². The fraction of sp³-hybridized carbons (Fsp3) is 0.259. The number of imidazole rings is 1. The number of rotatable bonds is 6. The Kier molecular flexibility index (Phi) is 5.98. The maximum Gasteiger partial charge on any atom is 0.169 e. The molecular weight excluding hydrogens is 462 g/mol. The summed E-state index contributed by atoms with van der Waals surface area (Å²) in [6, 6.07) is 14.3. The molecule has 0 aliphatic carbocycles. The predicted octanol–water partition coefficient (Wildman–Crippen LogP) is 5.41. The molecule has 2 aromatic carbocycles. The lowest BCUT2D eigenvalue weighted by Gasteiger charge is -2.26.